The van der Waals surface area contributed by atoms with Gasteiger partial charge >= 0.3 is 0 Å². The minimum atomic E-state index is -1.17. The van der Waals surface area contributed by atoms with E-state index in [1.807, 2.05) is 6.92 Å². The molecule has 2 aromatic rings. The van der Waals surface area contributed by atoms with Gasteiger partial charge in [-0.1, -0.05) is 42.0 Å². The molecule has 28 heavy (non-hydrogen) atoms. The van der Waals surface area contributed by atoms with Crippen LogP contribution in [0, 0.1) is 17.0 Å². The van der Waals surface area contributed by atoms with E-state index in [9.17, 15) is 29.9 Å². The van der Waals surface area contributed by atoms with Gasteiger partial charge in [-0.25, -0.2) is 0 Å². The second-order valence-electron chi connectivity index (χ2n) is 6.40. The number of carbonyl (C=O) groups excluding carboxylic acids is 2. The molecule has 2 N–H and O–H groups in total. The molecule has 1 aliphatic rings. The van der Waals surface area contributed by atoms with Gasteiger partial charge in [-0.15, -0.1) is 0 Å². The lowest BCUT2D eigenvalue weighted by atomic mass is 9.94. The Bertz CT molecular complexity index is 980. The fourth-order valence-corrected chi connectivity index (χ4v) is 3.29. The number of rotatable bonds is 5. The van der Waals surface area contributed by atoms with Crippen LogP contribution in [0.2, 0.25) is 0 Å². The van der Waals surface area contributed by atoms with E-state index in [1.165, 1.54) is 18.2 Å². The summed E-state index contributed by atoms with van der Waals surface area (Å²) < 4.78 is 0. The maximum absolute atomic E-state index is 12.7. The van der Waals surface area contributed by atoms with Crippen molar-refractivity contribution in [3.63, 3.8) is 0 Å². The molecule has 1 aliphatic heterocycles. The van der Waals surface area contributed by atoms with Gasteiger partial charge in [0.05, 0.1) is 28.7 Å². The first-order valence-corrected chi connectivity index (χ1v) is 8.56. The van der Waals surface area contributed by atoms with Gasteiger partial charge in [0.1, 0.15) is 5.76 Å². The van der Waals surface area contributed by atoms with Crippen molar-refractivity contribution >= 4 is 23.1 Å². The Morgan fingerprint density at radius 2 is 1.79 bits per heavy atom. The Balaban J connectivity index is 2.26. The largest absolute Gasteiger partial charge is 0.507 e. The molecule has 1 saturated heterocycles. The molecule has 0 spiro atoms. The Labute approximate surface area is 160 Å². The molecule has 0 aromatic heterocycles. The standard InChI is InChI=1S/C20H18N2O6/c1-12-6-8-13(9-7-12)18(24)16-17(21(10-11-23)20(26)19(16)25)14-4-2-3-5-15(14)22(27)28/h2-9,17,23-24H,10-11H2,1H3/t17-/m1/s1. The van der Waals surface area contributed by atoms with Crippen LogP contribution in [0.1, 0.15) is 22.7 Å². The van der Waals surface area contributed by atoms with Crippen LogP contribution in [0.4, 0.5) is 5.69 Å². The number of nitro benzene ring substituents is 1. The summed E-state index contributed by atoms with van der Waals surface area (Å²) in [6, 6.07) is 11.2. The number of aryl methyl sites for hydroxylation is 1. The van der Waals surface area contributed by atoms with Gasteiger partial charge < -0.3 is 15.1 Å². The normalized spacial score (nSPS) is 18.5. The average Bonchev–Trinajstić information content (AvgIpc) is 2.93. The molecule has 8 heteroatoms. The molecule has 0 saturated carbocycles. The van der Waals surface area contributed by atoms with E-state index in [0.717, 1.165) is 10.5 Å². The lowest BCUT2D eigenvalue weighted by molar-refractivity contribution is -0.385. The van der Waals surface area contributed by atoms with Crippen LogP contribution >= 0.6 is 0 Å². The average molecular weight is 382 g/mol. The number of hydrogen-bond donors (Lipinski definition) is 2. The molecule has 1 heterocycles. The number of hydrogen-bond acceptors (Lipinski definition) is 6. The zero-order valence-corrected chi connectivity index (χ0v) is 15.0. The highest BCUT2D eigenvalue weighted by Crippen LogP contribution is 2.42. The molecule has 144 valence electrons. The molecule has 0 unspecified atom stereocenters. The van der Waals surface area contributed by atoms with E-state index >= 15 is 0 Å². The van der Waals surface area contributed by atoms with Crippen molar-refractivity contribution < 1.29 is 24.7 Å². The van der Waals surface area contributed by atoms with Crippen LogP contribution in [0.3, 0.4) is 0 Å². The molecule has 8 nitrogen and oxygen atoms in total. The predicted molar refractivity (Wildman–Crippen MR) is 100 cm³/mol. The third-order valence-corrected chi connectivity index (χ3v) is 4.63. The quantitative estimate of drug-likeness (QED) is 0.269. The van der Waals surface area contributed by atoms with Gasteiger partial charge in [0.15, 0.2) is 0 Å². The zero-order chi connectivity index (χ0) is 20.4. The number of benzene rings is 2. The first-order valence-electron chi connectivity index (χ1n) is 8.56. The summed E-state index contributed by atoms with van der Waals surface area (Å²) >= 11 is 0. The van der Waals surface area contributed by atoms with Gasteiger partial charge in [-0.2, -0.15) is 0 Å². The second-order valence-corrected chi connectivity index (χ2v) is 6.40. The molecule has 1 fully saturated rings. The van der Waals surface area contributed by atoms with Gasteiger partial charge in [-0.3, -0.25) is 19.7 Å². The summed E-state index contributed by atoms with van der Waals surface area (Å²) in [4.78, 5) is 37.1. The number of carbonyl (C=O) groups is 2. The molecule has 1 atom stereocenters. The van der Waals surface area contributed by atoms with Crippen LogP contribution in [0.5, 0.6) is 0 Å². The van der Waals surface area contributed by atoms with E-state index in [0.29, 0.717) is 5.56 Å². The molecule has 0 aliphatic carbocycles. The van der Waals surface area contributed by atoms with Crippen molar-refractivity contribution in [3.05, 3.63) is 80.9 Å². The lowest BCUT2D eigenvalue weighted by Gasteiger charge is -2.24. The number of nitrogens with zero attached hydrogens (tertiary/aromatic N) is 2. The van der Waals surface area contributed by atoms with Crippen molar-refractivity contribution in [2.45, 2.75) is 13.0 Å². The summed E-state index contributed by atoms with van der Waals surface area (Å²) in [6.07, 6.45) is 0. The molecular formula is C20H18N2O6. The summed E-state index contributed by atoms with van der Waals surface area (Å²) in [5, 5.41) is 31.6. The monoisotopic (exact) mass is 382 g/mol. The summed E-state index contributed by atoms with van der Waals surface area (Å²) in [7, 11) is 0. The van der Waals surface area contributed by atoms with Crippen molar-refractivity contribution in [2.24, 2.45) is 0 Å². The SMILES string of the molecule is Cc1ccc(C(O)=C2C(=O)C(=O)N(CCO)[C@@H]2c2ccccc2[N+](=O)[O-])cc1. The number of para-hydroxylation sites is 1. The number of Topliss-reactive ketones (excluding diaryl/α,β-unsaturated/α-hetero) is 1. The molecule has 2 aromatic carbocycles. The highest BCUT2D eigenvalue weighted by Gasteiger charge is 2.47. The number of nitro groups is 1. The van der Waals surface area contributed by atoms with E-state index < -0.39 is 35.0 Å². The Morgan fingerprint density at radius 1 is 1.14 bits per heavy atom. The summed E-state index contributed by atoms with van der Waals surface area (Å²) in [6.45, 7) is 1.22. The molecule has 1 amide bonds. The fraction of sp³-hybridized carbons (Fsp3) is 0.200. The number of aliphatic hydroxyl groups excluding tert-OH is 2. The molecular weight excluding hydrogens is 364 g/mol. The maximum atomic E-state index is 12.7. The lowest BCUT2D eigenvalue weighted by Crippen LogP contribution is -2.32. The zero-order valence-electron chi connectivity index (χ0n) is 15.0. The Hall–Kier alpha value is -3.52. The Kier molecular flexibility index (Phi) is 5.23. The molecule has 0 bridgehead atoms. The molecule has 0 radical (unpaired) electrons. The van der Waals surface area contributed by atoms with Crippen LogP contribution in [-0.4, -0.2) is 44.9 Å². The number of amides is 1. The van der Waals surface area contributed by atoms with E-state index in [-0.39, 0.29) is 23.4 Å². The van der Waals surface area contributed by atoms with Crippen molar-refractivity contribution in [1.29, 1.82) is 0 Å². The van der Waals surface area contributed by atoms with Gasteiger partial charge in [0.2, 0.25) is 0 Å². The fourth-order valence-electron chi connectivity index (χ4n) is 3.29. The van der Waals surface area contributed by atoms with Crippen molar-refractivity contribution in [3.8, 4) is 0 Å². The highest BCUT2D eigenvalue weighted by molar-refractivity contribution is 6.46. The number of likely N-dealkylation sites (tertiary alicyclic amines) is 1. The van der Waals surface area contributed by atoms with E-state index in [2.05, 4.69) is 0 Å². The van der Waals surface area contributed by atoms with Gasteiger partial charge in [-0.05, 0) is 13.0 Å². The first kappa shape index (κ1) is 19.2. The summed E-state index contributed by atoms with van der Waals surface area (Å²) in [5.74, 6) is -2.29. The van der Waals surface area contributed by atoms with Crippen LogP contribution in [0.15, 0.2) is 54.1 Å². The number of β-amino-alcohol motifs (C(OH)–C–C–N with tert-alkyl or cyclic N) is 1. The van der Waals surface area contributed by atoms with E-state index in [4.69, 9.17) is 0 Å². The highest BCUT2D eigenvalue weighted by atomic mass is 16.6. The smallest absolute Gasteiger partial charge is 0.295 e. The van der Waals surface area contributed by atoms with Crippen LogP contribution in [0.25, 0.3) is 5.76 Å². The van der Waals surface area contributed by atoms with E-state index in [1.54, 1.807) is 30.3 Å². The predicted octanol–water partition coefficient (Wildman–Crippen LogP) is 2.32. The molecule has 3 rings (SSSR count). The van der Waals surface area contributed by atoms with Crippen molar-refractivity contribution in [2.75, 3.05) is 13.2 Å². The summed E-state index contributed by atoms with van der Waals surface area (Å²) in [5.41, 5.74) is 0.821. The van der Waals surface area contributed by atoms with Gasteiger partial charge in [0.25, 0.3) is 17.4 Å². The van der Waals surface area contributed by atoms with Crippen LogP contribution < -0.4 is 0 Å². The number of aliphatic hydroxyl groups is 2. The third-order valence-electron chi connectivity index (χ3n) is 4.63. The Morgan fingerprint density at radius 3 is 2.39 bits per heavy atom. The van der Waals surface area contributed by atoms with Crippen molar-refractivity contribution in [1.82, 2.24) is 4.90 Å². The topological polar surface area (TPSA) is 121 Å². The third kappa shape index (κ3) is 3.25. The minimum absolute atomic E-state index is 0.0915. The first-order chi connectivity index (χ1) is 13.4. The maximum Gasteiger partial charge on any atom is 0.295 e. The van der Waals surface area contributed by atoms with Crippen LogP contribution in [-0.2, 0) is 9.59 Å². The second kappa shape index (κ2) is 7.61. The number of ketones is 1. The van der Waals surface area contributed by atoms with Gasteiger partial charge in [0, 0.05) is 18.2 Å². The minimum Gasteiger partial charge on any atom is -0.507 e.